The van der Waals surface area contributed by atoms with E-state index in [2.05, 4.69) is 278 Å². The number of fused-ring (bicyclic) bond motifs is 22. The Hall–Kier alpha value is -9.54. The number of anilines is 3. The van der Waals surface area contributed by atoms with Crippen molar-refractivity contribution in [2.75, 3.05) is 4.90 Å². The summed E-state index contributed by atoms with van der Waals surface area (Å²) in [6.45, 7) is 0. The molecule has 2 aliphatic heterocycles. The van der Waals surface area contributed by atoms with E-state index in [1.165, 1.54) is 114 Å². The molecule has 1 atom stereocenters. The second-order valence-electron chi connectivity index (χ2n) is 20.9. The van der Waals surface area contributed by atoms with Crippen LogP contribution in [0.3, 0.4) is 0 Å². The van der Waals surface area contributed by atoms with E-state index < -0.39 is 13.5 Å². The highest BCUT2D eigenvalue weighted by molar-refractivity contribution is 7.25. The Kier molecular flexibility index (Phi) is 8.54. The highest BCUT2D eigenvalue weighted by Crippen LogP contribution is 2.57. The summed E-state index contributed by atoms with van der Waals surface area (Å²) in [6, 6.07) is 103. The number of nitrogens with zero attached hydrogens (tertiary/aromatic N) is 1. The monoisotopic (exact) mass is 979 g/mol. The van der Waals surface area contributed by atoms with E-state index in [4.69, 9.17) is 4.42 Å². The van der Waals surface area contributed by atoms with E-state index in [9.17, 15) is 0 Å². The lowest BCUT2D eigenvalue weighted by molar-refractivity contribution is 0.669. The molecule has 0 radical (unpaired) electrons. The van der Waals surface area contributed by atoms with Gasteiger partial charge in [0.2, 0.25) is 0 Å². The van der Waals surface area contributed by atoms with E-state index in [-0.39, 0.29) is 0 Å². The van der Waals surface area contributed by atoms with Gasteiger partial charge in [0.05, 0.1) is 5.41 Å². The van der Waals surface area contributed by atoms with E-state index in [1.807, 2.05) is 0 Å². The highest BCUT2D eigenvalue weighted by atomic mass is 28.3. The van der Waals surface area contributed by atoms with Gasteiger partial charge in [-0.1, -0.05) is 224 Å². The van der Waals surface area contributed by atoms with Crippen LogP contribution in [0.25, 0.3) is 87.6 Å². The molecule has 76 heavy (non-hydrogen) atoms. The standard InChI is InChI=1S/C73H45NOSi/c1-2-20-46(21-3-1)73(64-34-13-8-28-55(64)56-29-9-14-35-65(56)73)47-22-18-23-48(42-47)74(49-40-41-54-52-26-5-4-24-50(52)51-25-6-7-27-53(51)61(54)43-49)66-36-19-33-60-58-31-11-16-38-69(58)76(72(60)66)70-39-17-12-32-59(70)63-44-62-57-30-10-15-37-67(57)75-68(62)45-71(63)76/h1-45H. The van der Waals surface area contributed by atoms with Gasteiger partial charge in [-0.05, 0) is 157 Å². The predicted octanol–water partition coefficient (Wildman–Crippen LogP) is 16.2. The van der Waals surface area contributed by atoms with Crippen LogP contribution < -0.4 is 25.6 Å². The van der Waals surface area contributed by atoms with E-state index in [1.54, 1.807) is 0 Å². The van der Waals surface area contributed by atoms with Crippen molar-refractivity contribution >= 4 is 100 Å². The number of hydrogen-bond acceptors (Lipinski definition) is 2. The molecule has 0 saturated carbocycles. The summed E-state index contributed by atoms with van der Waals surface area (Å²) in [5, 5.41) is 15.5. The Labute approximate surface area is 441 Å². The minimum atomic E-state index is -3.13. The molecule has 13 aromatic carbocycles. The largest absolute Gasteiger partial charge is 0.456 e. The van der Waals surface area contributed by atoms with E-state index in [0.29, 0.717) is 0 Å². The third-order valence-electron chi connectivity index (χ3n) is 17.5. The molecule has 3 heteroatoms. The maximum atomic E-state index is 6.85. The first-order valence-electron chi connectivity index (χ1n) is 26.5. The molecule has 352 valence electrons. The van der Waals surface area contributed by atoms with Gasteiger partial charge < -0.3 is 9.32 Å². The summed E-state index contributed by atoms with van der Waals surface area (Å²) in [5.41, 5.74) is 17.5. The number of furan rings is 1. The van der Waals surface area contributed by atoms with Crippen LogP contribution in [0.1, 0.15) is 22.3 Å². The number of benzene rings is 13. The van der Waals surface area contributed by atoms with Crippen molar-refractivity contribution in [3.05, 3.63) is 295 Å². The molecule has 1 aromatic heterocycles. The number of hydrogen-bond donors (Lipinski definition) is 0. The molecular weight excluding hydrogens is 935 g/mol. The minimum absolute atomic E-state index is 0.583. The number of para-hydroxylation sites is 1. The van der Waals surface area contributed by atoms with Crippen molar-refractivity contribution in [1.82, 2.24) is 0 Å². The molecule has 0 N–H and O–H groups in total. The van der Waals surface area contributed by atoms with E-state index in [0.717, 1.165) is 33.3 Å². The number of rotatable bonds is 5. The quantitative estimate of drug-likeness (QED) is 0.126. The predicted molar refractivity (Wildman–Crippen MR) is 320 cm³/mol. The Morgan fingerprint density at radius 2 is 0.803 bits per heavy atom. The molecule has 1 aliphatic carbocycles. The second-order valence-corrected chi connectivity index (χ2v) is 24.6. The molecular formula is C73H45NOSi. The molecule has 2 nitrogen and oxygen atoms in total. The topological polar surface area (TPSA) is 16.4 Å². The van der Waals surface area contributed by atoms with Gasteiger partial charge in [0, 0.05) is 27.8 Å². The zero-order valence-electron chi connectivity index (χ0n) is 41.3. The fourth-order valence-electron chi connectivity index (χ4n) is 14.6. The minimum Gasteiger partial charge on any atom is -0.456 e. The summed E-state index contributed by atoms with van der Waals surface area (Å²) in [5.74, 6) is 0. The smallest absolute Gasteiger partial charge is 0.184 e. The summed E-state index contributed by atoms with van der Waals surface area (Å²) < 4.78 is 6.85. The molecule has 0 amide bonds. The molecule has 1 spiro atoms. The van der Waals surface area contributed by atoms with Crippen molar-refractivity contribution in [2.45, 2.75) is 5.41 Å². The molecule has 3 heterocycles. The average Bonchev–Trinajstić information content (AvgIpc) is 4.21. The average molecular weight is 980 g/mol. The van der Waals surface area contributed by atoms with Gasteiger partial charge in [-0.2, -0.15) is 0 Å². The van der Waals surface area contributed by atoms with Gasteiger partial charge in [0.1, 0.15) is 11.2 Å². The maximum Gasteiger partial charge on any atom is 0.184 e. The Morgan fingerprint density at radius 3 is 1.50 bits per heavy atom. The first-order valence-corrected chi connectivity index (χ1v) is 28.5. The van der Waals surface area contributed by atoms with Gasteiger partial charge in [0.25, 0.3) is 0 Å². The van der Waals surface area contributed by atoms with Crippen molar-refractivity contribution in [3.63, 3.8) is 0 Å². The normalized spacial score (nSPS) is 15.3. The van der Waals surface area contributed by atoms with Crippen LogP contribution in [0.5, 0.6) is 0 Å². The summed E-state index contributed by atoms with van der Waals surface area (Å²) in [7, 11) is -3.13. The van der Waals surface area contributed by atoms with Crippen LogP contribution in [-0.2, 0) is 5.41 Å². The van der Waals surface area contributed by atoms with Gasteiger partial charge in [0.15, 0.2) is 8.07 Å². The summed E-state index contributed by atoms with van der Waals surface area (Å²) in [4.78, 5) is 2.62. The van der Waals surface area contributed by atoms with Gasteiger partial charge in [-0.25, -0.2) is 0 Å². The van der Waals surface area contributed by atoms with E-state index >= 15 is 0 Å². The summed E-state index contributed by atoms with van der Waals surface area (Å²) >= 11 is 0. The third-order valence-corrected chi connectivity index (χ3v) is 22.5. The molecule has 3 aliphatic rings. The molecule has 17 rings (SSSR count). The maximum absolute atomic E-state index is 6.85. The zero-order valence-corrected chi connectivity index (χ0v) is 42.3. The van der Waals surface area contributed by atoms with Gasteiger partial charge >= 0.3 is 0 Å². The first kappa shape index (κ1) is 41.9. The molecule has 0 fully saturated rings. The zero-order chi connectivity index (χ0) is 49.7. The third kappa shape index (κ3) is 5.34. The van der Waals surface area contributed by atoms with Crippen LogP contribution in [0.2, 0.25) is 0 Å². The van der Waals surface area contributed by atoms with Crippen LogP contribution in [0.15, 0.2) is 277 Å². The van der Waals surface area contributed by atoms with Crippen molar-refractivity contribution in [2.24, 2.45) is 0 Å². The SMILES string of the molecule is c1ccc(C2(c3cccc(N(c4ccc5c6ccccc6c6ccccc6c5c4)c4cccc5c4[Si]4(c6ccccc6-c6cc7c(cc64)oc4ccccc47)c4ccccc4-5)c3)c3ccccc3-c3ccccc32)cc1. The highest BCUT2D eigenvalue weighted by Gasteiger charge is 2.56. The Balaban J connectivity index is 1.000. The van der Waals surface area contributed by atoms with Crippen LogP contribution >= 0.6 is 0 Å². The lowest BCUT2D eigenvalue weighted by Crippen LogP contribution is -2.71. The second kappa shape index (κ2) is 15.5. The molecule has 0 saturated heterocycles. The lowest BCUT2D eigenvalue weighted by atomic mass is 9.67. The van der Waals surface area contributed by atoms with Crippen LogP contribution in [0.4, 0.5) is 17.1 Å². The molecule has 0 bridgehead atoms. The Bertz CT molecular complexity index is 4720. The van der Waals surface area contributed by atoms with Gasteiger partial charge in [-0.15, -0.1) is 0 Å². The van der Waals surface area contributed by atoms with Crippen molar-refractivity contribution in [1.29, 1.82) is 0 Å². The first-order chi connectivity index (χ1) is 37.7. The fourth-order valence-corrected chi connectivity index (χ4v) is 20.4. The lowest BCUT2D eigenvalue weighted by Gasteiger charge is -2.36. The van der Waals surface area contributed by atoms with Crippen molar-refractivity contribution in [3.8, 4) is 33.4 Å². The van der Waals surface area contributed by atoms with Gasteiger partial charge in [-0.3, -0.25) is 0 Å². The molecule has 1 unspecified atom stereocenters. The van der Waals surface area contributed by atoms with Crippen LogP contribution in [-0.4, -0.2) is 8.07 Å². The van der Waals surface area contributed by atoms with Crippen LogP contribution in [0, 0.1) is 0 Å². The summed E-state index contributed by atoms with van der Waals surface area (Å²) in [6.07, 6.45) is 0. The molecule has 14 aromatic rings. The fraction of sp³-hybridized carbons (Fsp3) is 0.0137. The Morgan fingerprint density at radius 1 is 0.289 bits per heavy atom. The van der Waals surface area contributed by atoms with Crippen molar-refractivity contribution < 1.29 is 4.42 Å².